The Bertz CT molecular complexity index is 1650. The zero-order valence-corrected chi connectivity index (χ0v) is 24.7. The molecule has 3 amide bonds. The van der Waals surface area contributed by atoms with E-state index < -0.39 is 0 Å². The molecule has 1 aliphatic heterocycles. The molecule has 2 N–H and O–H groups in total. The van der Waals surface area contributed by atoms with E-state index in [1.54, 1.807) is 36.9 Å². The number of amides is 3. The van der Waals surface area contributed by atoms with E-state index in [1.807, 2.05) is 54.7 Å². The Labute approximate surface area is 250 Å². The highest BCUT2D eigenvalue weighted by atomic mass is 16.2. The van der Waals surface area contributed by atoms with Gasteiger partial charge in [0.2, 0.25) is 0 Å². The molecule has 1 fully saturated rings. The highest BCUT2D eigenvalue weighted by Gasteiger charge is 2.49. The van der Waals surface area contributed by atoms with Gasteiger partial charge in [0.05, 0.1) is 29.2 Å². The third-order valence-corrected chi connectivity index (χ3v) is 8.53. The molecule has 11 nitrogen and oxygen atoms in total. The molecule has 0 saturated heterocycles. The maximum Gasteiger partial charge on any atom is 0.287 e. The summed E-state index contributed by atoms with van der Waals surface area (Å²) in [6.07, 6.45) is 8.25. The molecule has 2 aromatic carbocycles. The SMILES string of the molecule is CN(C)C(=O)c1ccc(CN2CCn3c(cnc3C(=O)NCc3ccc(NC(=O)c4cnn(C)c4)cc3)C23CCC3)cc1. The van der Waals surface area contributed by atoms with Crippen molar-refractivity contribution in [2.45, 2.75) is 44.4 Å². The van der Waals surface area contributed by atoms with Crippen LogP contribution in [0.25, 0.3) is 0 Å². The lowest BCUT2D eigenvalue weighted by Crippen LogP contribution is -2.56. The van der Waals surface area contributed by atoms with E-state index in [1.165, 1.54) is 6.20 Å². The molecule has 1 saturated carbocycles. The summed E-state index contributed by atoms with van der Waals surface area (Å²) in [7, 11) is 5.28. The lowest BCUT2D eigenvalue weighted by Gasteiger charge is -2.53. The topological polar surface area (TPSA) is 117 Å². The van der Waals surface area contributed by atoms with Gasteiger partial charge in [-0.3, -0.25) is 24.0 Å². The number of aryl methyl sites for hydroxylation is 1. The van der Waals surface area contributed by atoms with Crippen LogP contribution in [0.5, 0.6) is 0 Å². The third-order valence-electron chi connectivity index (χ3n) is 8.53. The van der Waals surface area contributed by atoms with Crippen LogP contribution >= 0.6 is 0 Å². The largest absolute Gasteiger partial charge is 0.345 e. The number of hydrogen-bond acceptors (Lipinski definition) is 6. The van der Waals surface area contributed by atoms with Gasteiger partial charge >= 0.3 is 0 Å². The number of hydrogen-bond donors (Lipinski definition) is 2. The third kappa shape index (κ3) is 5.55. The predicted molar refractivity (Wildman–Crippen MR) is 161 cm³/mol. The van der Waals surface area contributed by atoms with Crippen molar-refractivity contribution in [1.29, 1.82) is 0 Å². The second-order valence-corrected chi connectivity index (χ2v) is 11.6. The zero-order chi connectivity index (χ0) is 30.1. The fraction of sp³-hybridized carbons (Fsp3) is 0.344. The Hall–Kier alpha value is -4.77. The smallest absolute Gasteiger partial charge is 0.287 e. The summed E-state index contributed by atoms with van der Waals surface area (Å²) in [6.45, 7) is 2.62. The van der Waals surface area contributed by atoms with Crippen LogP contribution in [0, 0.1) is 0 Å². The standard InChI is InChI=1S/C32H36N8O3/c1-37(2)31(43)24-9-5-23(6-10-24)20-39-15-16-40-27(32(39)13-4-14-32)19-33-28(40)30(42)34-17-22-7-11-26(12-8-22)36-29(41)25-18-35-38(3)21-25/h5-12,18-19,21H,4,13-17,20H2,1-3H3,(H,34,42)(H,36,41). The number of benzene rings is 2. The molecular formula is C32H36N8O3. The maximum atomic E-state index is 13.2. The highest BCUT2D eigenvalue weighted by Crippen LogP contribution is 2.49. The van der Waals surface area contributed by atoms with Crippen molar-refractivity contribution in [3.05, 3.63) is 101 Å². The fourth-order valence-corrected chi connectivity index (χ4v) is 6.01. The molecule has 4 aromatic rings. The van der Waals surface area contributed by atoms with E-state index in [-0.39, 0.29) is 23.3 Å². The number of nitrogens with zero attached hydrogens (tertiary/aromatic N) is 6. The van der Waals surface area contributed by atoms with Crippen molar-refractivity contribution in [3.8, 4) is 0 Å². The molecule has 1 spiro atoms. The molecule has 2 aliphatic rings. The lowest BCUT2D eigenvalue weighted by molar-refractivity contribution is -0.0217. The summed E-state index contributed by atoms with van der Waals surface area (Å²) in [5.41, 5.74) is 4.89. The molecule has 6 rings (SSSR count). The summed E-state index contributed by atoms with van der Waals surface area (Å²) in [5.74, 6) is 0.00421. The summed E-state index contributed by atoms with van der Waals surface area (Å²) in [5, 5.41) is 9.89. The van der Waals surface area contributed by atoms with Crippen LogP contribution in [0.4, 0.5) is 5.69 Å². The Morgan fingerprint density at radius 3 is 2.26 bits per heavy atom. The second-order valence-electron chi connectivity index (χ2n) is 11.6. The van der Waals surface area contributed by atoms with Crippen LogP contribution in [-0.2, 0) is 32.2 Å². The normalized spacial score (nSPS) is 15.4. The van der Waals surface area contributed by atoms with E-state index in [0.717, 1.165) is 49.2 Å². The first-order chi connectivity index (χ1) is 20.7. The lowest BCUT2D eigenvalue weighted by atomic mass is 9.72. The van der Waals surface area contributed by atoms with Crippen LogP contribution in [0.1, 0.15) is 67.4 Å². The first-order valence-corrected chi connectivity index (χ1v) is 14.5. The molecule has 2 aromatic heterocycles. The van der Waals surface area contributed by atoms with Crippen LogP contribution in [-0.4, -0.2) is 67.5 Å². The first kappa shape index (κ1) is 28.4. The Balaban J connectivity index is 1.08. The Kier molecular flexibility index (Phi) is 7.57. The number of carbonyl (C=O) groups is 3. The number of anilines is 1. The number of aromatic nitrogens is 4. The molecule has 0 radical (unpaired) electrons. The minimum absolute atomic E-state index is 0.00278. The van der Waals surface area contributed by atoms with Gasteiger partial charge in [-0.25, -0.2) is 4.98 Å². The summed E-state index contributed by atoms with van der Waals surface area (Å²) in [4.78, 5) is 46.6. The molecule has 43 heavy (non-hydrogen) atoms. The quantitative estimate of drug-likeness (QED) is 0.330. The monoisotopic (exact) mass is 580 g/mol. The van der Waals surface area contributed by atoms with Crippen LogP contribution in [0.3, 0.4) is 0 Å². The number of imidazole rings is 1. The molecule has 0 bridgehead atoms. The zero-order valence-electron chi connectivity index (χ0n) is 24.7. The molecule has 0 atom stereocenters. The van der Waals surface area contributed by atoms with Gasteiger partial charge < -0.3 is 20.1 Å². The average Bonchev–Trinajstić information content (AvgIpc) is 3.62. The van der Waals surface area contributed by atoms with Crippen molar-refractivity contribution >= 4 is 23.4 Å². The first-order valence-electron chi connectivity index (χ1n) is 14.5. The summed E-state index contributed by atoms with van der Waals surface area (Å²) >= 11 is 0. The van der Waals surface area contributed by atoms with Crippen LogP contribution < -0.4 is 10.6 Å². The minimum atomic E-state index is -0.226. The highest BCUT2D eigenvalue weighted by molar-refractivity contribution is 6.03. The van der Waals surface area contributed by atoms with Crippen molar-refractivity contribution in [3.63, 3.8) is 0 Å². The van der Waals surface area contributed by atoms with Gasteiger partial charge in [-0.05, 0) is 54.7 Å². The van der Waals surface area contributed by atoms with Gasteiger partial charge in [-0.15, -0.1) is 0 Å². The van der Waals surface area contributed by atoms with Gasteiger partial charge in [0, 0.05) is 64.8 Å². The van der Waals surface area contributed by atoms with Crippen LogP contribution in [0.2, 0.25) is 0 Å². The molecule has 11 heteroatoms. The van der Waals surface area contributed by atoms with E-state index in [4.69, 9.17) is 0 Å². The number of carbonyl (C=O) groups excluding carboxylic acids is 3. The average molecular weight is 581 g/mol. The van der Waals surface area contributed by atoms with Crippen molar-refractivity contribution in [2.24, 2.45) is 7.05 Å². The van der Waals surface area contributed by atoms with Gasteiger partial charge in [0.1, 0.15) is 0 Å². The van der Waals surface area contributed by atoms with Crippen molar-refractivity contribution < 1.29 is 14.4 Å². The molecule has 1 aliphatic carbocycles. The van der Waals surface area contributed by atoms with E-state index >= 15 is 0 Å². The van der Waals surface area contributed by atoms with E-state index in [2.05, 4.69) is 30.2 Å². The van der Waals surface area contributed by atoms with Gasteiger partial charge in [0.15, 0.2) is 5.82 Å². The minimum Gasteiger partial charge on any atom is -0.345 e. The van der Waals surface area contributed by atoms with Gasteiger partial charge in [0.25, 0.3) is 17.7 Å². The predicted octanol–water partition coefficient (Wildman–Crippen LogP) is 3.40. The van der Waals surface area contributed by atoms with Crippen molar-refractivity contribution in [1.82, 2.24) is 34.4 Å². The fourth-order valence-electron chi connectivity index (χ4n) is 6.01. The number of fused-ring (bicyclic) bond motifs is 2. The van der Waals surface area contributed by atoms with Crippen molar-refractivity contribution in [2.75, 3.05) is 26.0 Å². The molecule has 222 valence electrons. The maximum absolute atomic E-state index is 13.2. The van der Waals surface area contributed by atoms with E-state index in [0.29, 0.717) is 35.7 Å². The molecular weight excluding hydrogens is 544 g/mol. The Morgan fingerprint density at radius 1 is 0.907 bits per heavy atom. The number of nitrogens with one attached hydrogen (secondary N) is 2. The summed E-state index contributed by atoms with van der Waals surface area (Å²) in [6, 6.07) is 15.3. The van der Waals surface area contributed by atoms with Gasteiger partial charge in [-0.1, -0.05) is 24.3 Å². The number of rotatable bonds is 8. The van der Waals surface area contributed by atoms with E-state index in [9.17, 15) is 14.4 Å². The van der Waals surface area contributed by atoms with Crippen LogP contribution in [0.15, 0.2) is 67.1 Å². The second kappa shape index (κ2) is 11.5. The molecule has 3 heterocycles. The molecule has 0 unspecified atom stereocenters. The summed E-state index contributed by atoms with van der Waals surface area (Å²) < 4.78 is 3.66. The Morgan fingerprint density at radius 2 is 1.63 bits per heavy atom. The van der Waals surface area contributed by atoms with Gasteiger partial charge in [-0.2, -0.15) is 5.10 Å².